The number of fused-ring (bicyclic) bond motifs is 1. The molecule has 18 heavy (non-hydrogen) atoms. The van der Waals surface area contributed by atoms with Crippen molar-refractivity contribution in [3.63, 3.8) is 0 Å². The van der Waals surface area contributed by atoms with Gasteiger partial charge in [-0.1, -0.05) is 6.07 Å². The van der Waals surface area contributed by atoms with Crippen LogP contribution in [0.2, 0.25) is 0 Å². The molecule has 1 aromatic carbocycles. The summed E-state index contributed by atoms with van der Waals surface area (Å²) in [6.07, 6.45) is 4.71. The van der Waals surface area contributed by atoms with E-state index in [4.69, 9.17) is 9.47 Å². The fourth-order valence-corrected chi connectivity index (χ4v) is 2.38. The molecule has 0 saturated heterocycles. The number of benzene rings is 1. The van der Waals surface area contributed by atoms with Crippen molar-refractivity contribution in [3.8, 4) is 5.75 Å². The lowest BCUT2D eigenvalue weighted by molar-refractivity contribution is 0.156. The maximum atomic E-state index is 9.96. The zero-order chi connectivity index (χ0) is 12.8. The monoisotopic (exact) mass is 250 g/mol. The molecule has 3 nitrogen and oxygen atoms in total. The van der Waals surface area contributed by atoms with Crippen molar-refractivity contribution in [2.24, 2.45) is 0 Å². The molecule has 0 bridgehead atoms. The van der Waals surface area contributed by atoms with E-state index in [1.54, 1.807) is 7.11 Å². The Morgan fingerprint density at radius 1 is 1.28 bits per heavy atom. The molecule has 1 aliphatic rings. The van der Waals surface area contributed by atoms with Crippen molar-refractivity contribution >= 4 is 0 Å². The van der Waals surface area contributed by atoms with E-state index in [2.05, 4.69) is 6.07 Å². The third kappa shape index (κ3) is 3.47. The second-order valence-corrected chi connectivity index (χ2v) is 4.82. The lowest BCUT2D eigenvalue weighted by atomic mass is 9.89. The maximum absolute atomic E-state index is 9.96. The zero-order valence-corrected chi connectivity index (χ0v) is 11.0. The lowest BCUT2D eigenvalue weighted by Gasteiger charge is -2.22. The summed E-state index contributed by atoms with van der Waals surface area (Å²) in [6, 6.07) is 6.09. The summed E-state index contributed by atoms with van der Waals surface area (Å²) < 4.78 is 10.7. The molecule has 0 aromatic heterocycles. The van der Waals surface area contributed by atoms with Gasteiger partial charge in [-0.15, -0.1) is 0 Å². The Bertz CT molecular complexity index is 376. The first-order valence-electron chi connectivity index (χ1n) is 6.74. The molecule has 0 spiro atoms. The van der Waals surface area contributed by atoms with Gasteiger partial charge in [0.15, 0.2) is 0 Å². The molecular weight excluding hydrogens is 228 g/mol. The SMILES string of the molecule is COCCCCOc1ccc2c(c1)[C@@H](O)CCC2. The Morgan fingerprint density at radius 2 is 2.11 bits per heavy atom. The highest BCUT2D eigenvalue weighted by Gasteiger charge is 2.18. The summed E-state index contributed by atoms with van der Waals surface area (Å²) in [4.78, 5) is 0. The largest absolute Gasteiger partial charge is 0.494 e. The normalized spacial score (nSPS) is 18.4. The van der Waals surface area contributed by atoms with Gasteiger partial charge in [0.25, 0.3) is 0 Å². The van der Waals surface area contributed by atoms with Gasteiger partial charge < -0.3 is 14.6 Å². The minimum absolute atomic E-state index is 0.314. The van der Waals surface area contributed by atoms with E-state index in [0.717, 1.165) is 50.0 Å². The smallest absolute Gasteiger partial charge is 0.119 e. The average molecular weight is 250 g/mol. The van der Waals surface area contributed by atoms with Gasteiger partial charge in [-0.05, 0) is 55.4 Å². The van der Waals surface area contributed by atoms with E-state index in [0.29, 0.717) is 6.61 Å². The summed E-state index contributed by atoms with van der Waals surface area (Å²) in [6.45, 7) is 1.49. The minimum Gasteiger partial charge on any atom is -0.494 e. The standard InChI is InChI=1S/C15H22O3/c1-17-9-2-3-10-18-13-8-7-12-5-4-6-15(16)14(12)11-13/h7-8,11,15-16H,2-6,9-10H2,1H3/t15-/m0/s1. The van der Waals surface area contributed by atoms with Crippen molar-refractivity contribution in [3.05, 3.63) is 29.3 Å². The van der Waals surface area contributed by atoms with Crippen LogP contribution in [0.5, 0.6) is 5.75 Å². The Labute approximate surface area is 109 Å². The highest BCUT2D eigenvalue weighted by atomic mass is 16.5. The number of hydrogen-bond acceptors (Lipinski definition) is 3. The molecule has 0 radical (unpaired) electrons. The van der Waals surface area contributed by atoms with Crippen LogP contribution in [0.1, 0.15) is 42.9 Å². The van der Waals surface area contributed by atoms with Crippen LogP contribution >= 0.6 is 0 Å². The first-order chi connectivity index (χ1) is 8.81. The lowest BCUT2D eigenvalue weighted by Crippen LogP contribution is -2.09. The average Bonchev–Trinajstić information content (AvgIpc) is 2.39. The molecule has 0 saturated carbocycles. The van der Waals surface area contributed by atoms with E-state index in [-0.39, 0.29) is 6.10 Å². The fourth-order valence-electron chi connectivity index (χ4n) is 2.38. The molecule has 3 heteroatoms. The van der Waals surface area contributed by atoms with Crippen LogP contribution in [0.15, 0.2) is 18.2 Å². The molecule has 1 aliphatic carbocycles. The number of aliphatic hydroxyl groups excluding tert-OH is 1. The van der Waals surface area contributed by atoms with Gasteiger partial charge in [0.2, 0.25) is 0 Å². The molecule has 1 aromatic rings. The number of aliphatic hydroxyl groups is 1. The molecular formula is C15H22O3. The summed E-state index contributed by atoms with van der Waals surface area (Å²) >= 11 is 0. The highest BCUT2D eigenvalue weighted by molar-refractivity contribution is 5.38. The zero-order valence-electron chi connectivity index (χ0n) is 11.0. The molecule has 0 aliphatic heterocycles. The summed E-state index contributed by atoms with van der Waals surface area (Å²) in [5.41, 5.74) is 2.32. The van der Waals surface area contributed by atoms with E-state index in [1.165, 1.54) is 5.56 Å². The third-order valence-corrected chi connectivity index (χ3v) is 3.41. The molecule has 0 unspecified atom stereocenters. The Balaban J connectivity index is 1.88. The number of hydrogen-bond donors (Lipinski definition) is 1. The Kier molecular flexibility index (Phi) is 5.02. The van der Waals surface area contributed by atoms with Crippen LogP contribution in [0.3, 0.4) is 0 Å². The predicted octanol–water partition coefficient (Wildman–Crippen LogP) is 2.86. The quantitative estimate of drug-likeness (QED) is 0.789. The number of rotatable bonds is 6. The van der Waals surface area contributed by atoms with Gasteiger partial charge >= 0.3 is 0 Å². The fraction of sp³-hybridized carbons (Fsp3) is 0.600. The summed E-state index contributed by atoms with van der Waals surface area (Å²) in [5.74, 6) is 0.868. The van der Waals surface area contributed by atoms with Crippen LogP contribution in [-0.2, 0) is 11.2 Å². The second-order valence-electron chi connectivity index (χ2n) is 4.82. The van der Waals surface area contributed by atoms with Crippen LogP contribution in [-0.4, -0.2) is 25.4 Å². The molecule has 100 valence electrons. The third-order valence-electron chi connectivity index (χ3n) is 3.41. The molecule has 0 fully saturated rings. The molecule has 0 heterocycles. The van der Waals surface area contributed by atoms with Crippen LogP contribution < -0.4 is 4.74 Å². The summed E-state index contributed by atoms with van der Waals surface area (Å²) in [7, 11) is 1.71. The first kappa shape index (κ1) is 13.4. The Morgan fingerprint density at radius 3 is 2.94 bits per heavy atom. The molecule has 1 atom stereocenters. The molecule has 0 amide bonds. The van der Waals surface area contributed by atoms with Gasteiger partial charge in [0, 0.05) is 13.7 Å². The van der Waals surface area contributed by atoms with Gasteiger partial charge in [-0.2, -0.15) is 0 Å². The predicted molar refractivity (Wildman–Crippen MR) is 70.9 cm³/mol. The summed E-state index contributed by atoms with van der Waals surface area (Å²) in [5, 5.41) is 9.96. The van der Waals surface area contributed by atoms with Crippen molar-refractivity contribution < 1.29 is 14.6 Å². The number of methoxy groups -OCH3 is 1. The minimum atomic E-state index is -0.314. The van der Waals surface area contributed by atoms with Gasteiger partial charge in [-0.25, -0.2) is 0 Å². The van der Waals surface area contributed by atoms with E-state index in [1.807, 2.05) is 12.1 Å². The maximum Gasteiger partial charge on any atom is 0.119 e. The second kappa shape index (κ2) is 6.76. The first-order valence-corrected chi connectivity index (χ1v) is 6.74. The van der Waals surface area contributed by atoms with Gasteiger partial charge in [0.1, 0.15) is 5.75 Å². The van der Waals surface area contributed by atoms with Crippen molar-refractivity contribution in [1.29, 1.82) is 0 Å². The Hall–Kier alpha value is -1.06. The van der Waals surface area contributed by atoms with Crippen LogP contribution in [0, 0.1) is 0 Å². The topological polar surface area (TPSA) is 38.7 Å². The highest BCUT2D eigenvalue weighted by Crippen LogP contribution is 2.32. The van der Waals surface area contributed by atoms with Gasteiger partial charge in [0.05, 0.1) is 12.7 Å². The van der Waals surface area contributed by atoms with Crippen molar-refractivity contribution in [2.45, 2.75) is 38.2 Å². The van der Waals surface area contributed by atoms with E-state index in [9.17, 15) is 5.11 Å². The van der Waals surface area contributed by atoms with E-state index < -0.39 is 0 Å². The number of ether oxygens (including phenoxy) is 2. The van der Waals surface area contributed by atoms with Crippen LogP contribution in [0.25, 0.3) is 0 Å². The van der Waals surface area contributed by atoms with Crippen molar-refractivity contribution in [1.82, 2.24) is 0 Å². The molecule has 2 rings (SSSR count). The van der Waals surface area contributed by atoms with Crippen LogP contribution in [0.4, 0.5) is 0 Å². The number of aryl methyl sites for hydroxylation is 1. The van der Waals surface area contributed by atoms with E-state index >= 15 is 0 Å². The van der Waals surface area contributed by atoms with Gasteiger partial charge in [-0.3, -0.25) is 0 Å². The molecule has 1 N–H and O–H groups in total. The number of unbranched alkanes of at least 4 members (excludes halogenated alkanes) is 1. The van der Waals surface area contributed by atoms with Crippen molar-refractivity contribution in [2.75, 3.05) is 20.3 Å².